The lowest BCUT2D eigenvalue weighted by molar-refractivity contribution is 0.0645. The molecule has 4 rings (SSSR count). The first-order valence-corrected chi connectivity index (χ1v) is 12.5. The molecule has 1 unspecified atom stereocenters. The molecular weight excluding hydrogens is 388 g/mol. The molecule has 0 radical (unpaired) electrons. The Hall–Kier alpha value is -1.30. The van der Waals surface area contributed by atoms with Crippen LogP contribution in [-0.2, 0) is 6.54 Å². The smallest absolute Gasteiger partial charge is 0.161 e. The summed E-state index contributed by atoms with van der Waals surface area (Å²) in [5, 5.41) is 10.5. The van der Waals surface area contributed by atoms with Gasteiger partial charge in [0.2, 0.25) is 0 Å². The van der Waals surface area contributed by atoms with Crippen molar-refractivity contribution in [3.8, 4) is 11.5 Å². The van der Waals surface area contributed by atoms with E-state index in [1.807, 2.05) is 6.07 Å². The minimum absolute atomic E-state index is 0.303. The highest BCUT2D eigenvalue weighted by Crippen LogP contribution is 2.47. The van der Waals surface area contributed by atoms with Crippen LogP contribution in [0.2, 0.25) is 0 Å². The van der Waals surface area contributed by atoms with Gasteiger partial charge in [-0.1, -0.05) is 25.3 Å². The Bertz CT molecular complexity index is 669. The molecule has 1 saturated heterocycles. The maximum Gasteiger partial charge on any atom is 0.161 e. The van der Waals surface area contributed by atoms with Gasteiger partial charge < -0.3 is 19.5 Å². The van der Waals surface area contributed by atoms with Crippen molar-refractivity contribution >= 4 is 0 Å². The van der Waals surface area contributed by atoms with E-state index in [-0.39, 0.29) is 0 Å². The van der Waals surface area contributed by atoms with Crippen LogP contribution in [-0.4, -0.2) is 67.5 Å². The lowest BCUT2D eigenvalue weighted by atomic mass is 10.0. The van der Waals surface area contributed by atoms with Crippen LogP contribution in [0.5, 0.6) is 11.5 Å². The zero-order valence-electron chi connectivity index (χ0n) is 19.6. The standard InChI is InChI=1S/C26H42N2O3/c1-27(26(21-9-10-21)22-11-12-22)17-20-8-13-24(25(16-20)30-2)31-19-23(29)18-28-14-6-4-3-5-7-15-28/h8,13,16,21-23,26,29H,3-7,9-12,14-15,17-19H2,1-2H3. The molecule has 5 nitrogen and oxygen atoms in total. The van der Waals surface area contributed by atoms with Gasteiger partial charge in [0.05, 0.1) is 7.11 Å². The molecule has 0 amide bonds. The van der Waals surface area contributed by atoms with Crippen molar-refractivity contribution in [3.05, 3.63) is 23.8 Å². The molecule has 0 bridgehead atoms. The molecule has 1 N–H and O–H groups in total. The van der Waals surface area contributed by atoms with E-state index >= 15 is 0 Å². The van der Waals surface area contributed by atoms with Crippen LogP contribution in [0.15, 0.2) is 18.2 Å². The first kappa shape index (κ1) is 22.9. The van der Waals surface area contributed by atoms with E-state index in [4.69, 9.17) is 9.47 Å². The number of ether oxygens (including phenoxy) is 2. The SMILES string of the molecule is COc1cc(CN(C)C(C2CC2)C2CC2)ccc1OCC(O)CN1CCCCCCC1. The highest BCUT2D eigenvalue weighted by atomic mass is 16.5. The van der Waals surface area contributed by atoms with E-state index in [9.17, 15) is 5.11 Å². The third kappa shape index (κ3) is 6.84. The van der Waals surface area contributed by atoms with E-state index in [0.717, 1.165) is 49.0 Å². The zero-order chi connectivity index (χ0) is 21.6. The molecule has 3 fully saturated rings. The topological polar surface area (TPSA) is 45.2 Å². The molecule has 1 heterocycles. The summed E-state index contributed by atoms with van der Waals surface area (Å²) in [5.41, 5.74) is 1.26. The molecule has 1 aliphatic heterocycles. The number of aliphatic hydroxyl groups is 1. The summed E-state index contributed by atoms with van der Waals surface area (Å²) in [6, 6.07) is 7.01. The van der Waals surface area contributed by atoms with Crippen molar-refractivity contribution in [2.75, 3.05) is 40.4 Å². The van der Waals surface area contributed by atoms with Gasteiger partial charge >= 0.3 is 0 Å². The molecule has 1 aromatic carbocycles. The largest absolute Gasteiger partial charge is 0.493 e. The van der Waals surface area contributed by atoms with Gasteiger partial charge in [-0.25, -0.2) is 0 Å². The molecule has 0 aromatic heterocycles. The summed E-state index contributed by atoms with van der Waals surface area (Å²) < 4.78 is 11.6. The van der Waals surface area contributed by atoms with Gasteiger partial charge in [0.1, 0.15) is 12.7 Å². The highest BCUT2D eigenvalue weighted by molar-refractivity contribution is 5.43. The fraction of sp³-hybridized carbons (Fsp3) is 0.769. The number of hydrogen-bond acceptors (Lipinski definition) is 5. The molecule has 5 heteroatoms. The second-order valence-corrected chi connectivity index (χ2v) is 10.1. The number of hydrogen-bond donors (Lipinski definition) is 1. The second kappa shape index (κ2) is 11.0. The number of nitrogens with zero attached hydrogens (tertiary/aromatic N) is 2. The van der Waals surface area contributed by atoms with Gasteiger partial charge in [-0.3, -0.25) is 4.90 Å². The van der Waals surface area contributed by atoms with Crippen LogP contribution in [0.25, 0.3) is 0 Å². The Labute approximate surface area is 188 Å². The summed E-state index contributed by atoms with van der Waals surface area (Å²) >= 11 is 0. The Kier molecular flexibility index (Phi) is 8.13. The number of likely N-dealkylation sites (tertiary alicyclic amines) is 1. The van der Waals surface area contributed by atoms with Crippen molar-refractivity contribution in [3.63, 3.8) is 0 Å². The molecule has 1 aromatic rings. The summed E-state index contributed by atoms with van der Waals surface area (Å²) in [5.74, 6) is 3.31. The van der Waals surface area contributed by atoms with Gasteiger partial charge in [0.15, 0.2) is 11.5 Å². The van der Waals surface area contributed by atoms with E-state index in [2.05, 4.69) is 29.0 Å². The van der Waals surface area contributed by atoms with Crippen LogP contribution < -0.4 is 9.47 Å². The highest BCUT2D eigenvalue weighted by Gasteiger charge is 2.43. The minimum Gasteiger partial charge on any atom is -0.493 e. The third-order valence-corrected chi connectivity index (χ3v) is 7.23. The van der Waals surface area contributed by atoms with Crippen LogP contribution in [0.4, 0.5) is 0 Å². The maximum atomic E-state index is 10.5. The summed E-state index contributed by atoms with van der Waals surface area (Å²) in [7, 11) is 3.98. The van der Waals surface area contributed by atoms with Crippen LogP contribution >= 0.6 is 0 Å². The predicted octanol–water partition coefficient (Wildman–Crippen LogP) is 4.32. The quantitative estimate of drug-likeness (QED) is 0.566. The Morgan fingerprint density at radius 1 is 1.00 bits per heavy atom. The molecule has 0 spiro atoms. The second-order valence-electron chi connectivity index (χ2n) is 10.1. The Balaban J connectivity index is 1.28. The van der Waals surface area contributed by atoms with E-state index < -0.39 is 6.10 Å². The van der Waals surface area contributed by atoms with Crippen molar-refractivity contribution in [2.45, 2.75) is 76.5 Å². The van der Waals surface area contributed by atoms with Crippen LogP contribution in [0, 0.1) is 11.8 Å². The van der Waals surface area contributed by atoms with Gasteiger partial charge in [0, 0.05) is 19.1 Å². The monoisotopic (exact) mass is 430 g/mol. The molecule has 2 saturated carbocycles. The number of methoxy groups -OCH3 is 1. The van der Waals surface area contributed by atoms with E-state index in [1.54, 1.807) is 7.11 Å². The lowest BCUT2D eigenvalue weighted by Gasteiger charge is -2.28. The number of rotatable bonds is 11. The molecule has 3 aliphatic rings. The fourth-order valence-corrected chi connectivity index (χ4v) is 5.34. The number of aliphatic hydroxyl groups excluding tert-OH is 1. The molecule has 2 aliphatic carbocycles. The average Bonchev–Trinajstić information content (AvgIpc) is 3.65. The maximum absolute atomic E-state index is 10.5. The third-order valence-electron chi connectivity index (χ3n) is 7.23. The molecule has 174 valence electrons. The average molecular weight is 431 g/mol. The van der Waals surface area contributed by atoms with Crippen molar-refractivity contribution in [1.29, 1.82) is 0 Å². The summed E-state index contributed by atoms with van der Waals surface area (Å²) in [4.78, 5) is 4.94. The predicted molar refractivity (Wildman–Crippen MR) is 125 cm³/mol. The summed E-state index contributed by atoms with van der Waals surface area (Å²) in [6.07, 6.45) is 11.6. The van der Waals surface area contributed by atoms with Gasteiger partial charge in [-0.05, 0) is 88.2 Å². The first-order valence-electron chi connectivity index (χ1n) is 12.5. The fourth-order valence-electron chi connectivity index (χ4n) is 5.34. The van der Waals surface area contributed by atoms with E-state index in [0.29, 0.717) is 13.2 Å². The van der Waals surface area contributed by atoms with Crippen LogP contribution in [0.3, 0.4) is 0 Å². The first-order chi connectivity index (χ1) is 15.1. The number of benzene rings is 1. The van der Waals surface area contributed by atoms with Gasteiger partial charge in [-0.2, -0.15) is 0 Å². The van der Waals surface area contributed by atoms with Crippen molar-refractivity contribution < 1.29 is 14.6 Å². The van der Waals surface area contributed by atoms with Crippen LogP contribution in [0.1, 0.15) is 63.4 Å². The number of β-amino-alcohol motifs (C(OH)–C–C–N with tert-alkyl or cyclic N) is 1. The van der Waals surface area contributed by atoms with E-state index in [1.165, 1.54) is 63.4 Å². The molecule has 1 atom stereocenters. The minimum atomic E-state index is -0.479. The van der Waals surface area contributed by atoms with Crippen molar-refractivity contribution in [1.82, 2.24) is 9.80 Å². The molecular formula is C26H42N2O3. The Morgan fingerprint density at radius 3 is 2.26 bits per heavy atom. The molecule has 31 heavy (non-hydrogen) atoms. The van der Waals surface area contributed by atoms with Gasteiger partial charge in [-0.15, -0.1) is 0 Å². The Morgan fingerprint density at radius 2 is 1.65 bits per heavy atom. The normalized spacial score (nSPS) is 21.7. The summed E-state index contributed by atoms with van der Waals surface area (Å²) in [6.45, 7) is 4.12. The zero-order valence-corrected chi connectivity index (χ0v) is 19.6. The lowest BCUT2D eigenvalue weighted by Crippen LogP contribution is -2.37. The van der Waals surface area contributed by atoms with Gasteiger partial charge in [0.25, 0.3) is 0 Å². The van der Waals surface area contributed by atoms with Crippen molar-refractivity contribution in [2.24, 2.45) is 11.8 Å².